The van der Waals surface area contributed by atoms with Crippen molar-refractivity contribution >= 4 is 17.3 Å². The van der Waals surface area contributed by atoms with Crippen LogP contribution in [0.5, 0.6) is 0 Å². The predicted molar refractivity (Wildman–Crippen MR) is 73.8 cm³/mol. The Labute approximate surface area is 105 Å². The Kier molecular flexibility index (Phi) is 6.73. The van der Waals surface area contributed by atoms with Gasteiger partial charge >= 0.3 is 0 Å². The molecule has 1 rings (SSSR count). The highest BCUT2D eigenvalue weighted by Gasteiger charge is 2.22. The van der Waals surface area contributed by atoms with Gasteiger partial charge in [-0.2, -0.15) is 0 Å². The van der Waals surface area contributed by atoms with Gasteiger partial charge in [-0.1, -0.05) is 20.3 Å². The van der Waals surface area contributed by atoms with Crippen molar-refractivity contribution in [1.29, 1.82) is 0 Å². The van der Waals surface area contributed by atoms with E-state index in [0.29, 0.717) is 6.04 Å². The molecule has 0 amide bonds. The highest BCUT2D eigenvalue weighted by molar-refractivity contribution is 7.80. The lowest BCUT2D eigenvalue weighted by molar-refractivity contribution is 0.267. The van der Waals surface area contributed by atoms with Crippen LogP contribution in [-0.2, 0) is 0 Å². The first-order valence-electron chi connectivity index (χ1n) is 6.53. The second-order valence-corrected chi connectivity index (χ2v) is 4.82. The molecule has 0 aromatic rings. The largest absolute Gasteiger partial charge is 0.363 e. The molecule has 16 heavy (non-hydrogen) atoms. The number of thiocarbonyl (C=S) groups is 1. The average Bonchev–Trinajstić information content (AvgIpc) is 2.74. The third kappa shape index (κ3) is 4.66. The topological polar surface area (TPSA) is 27.3 Å². The fraction of sp³-hybridized carbons (Fsp3) is 0.917. The second-order valence-electron chi connectivity index (χ2n) is 4.41. The number of hydrogen-bond acceptors (Lipinski definition) is 2. The summed E-state index contributed by atoms with van der Waals surface area (Å²) in [5, 5.41) is 7.38. The molecule has 0 aromatic heterocycles. The summed E-state index contributed by atoms with van der Waals surface area (Å²) in [7, 11) is 0. The van der Waals surface area contributed by atoms with E-state index in [1.165, 1.54) is 32.2 Å². The number of likely N-dealkylation sites (N-methyl/N-ethyl adjacent to an activating group) is 1. The minimum Gasteiger partial charge on any atom is -0.363 e. The van der Waals surface area contributed by atoms with Crippen LogP contribution in [0, 0.1) is 0 Å². The van der Waals surface area contributed by atoms with Crippen LogP contribution in [0.4, 0.5) is 0 Å². The SMILES string of the molecule is CCCCNC(=S)NCC1CCCN1CC. The summed E-state index contributed by atoms with van der Waals surface area (Å²) in [6.07, 6.45) is 5.03. The maximum Gasteiger partial charge on any atom is 0.166 e. The molecule has 1 saturated heterocycles. The highest BCUT2D eigenvalue weighted by Crippen LogP contribution is 2.15. The van der Waals surface area contributed by atoms with Gasteiger partial charge in [0.25, 0.3) is 0 Å². The van der Waals surface area contributed by atoms with Crippen LogP contribution in [0.3, 0.4) is 0 Å². The van der Waals surface area contributed by atoms with Gasteiger partial charge in [-0.3, -0.25) is 4.90 Å². The van der Waals surface area contributed by atoms with Crippen LogP contribution in [0.2, 0.25) is 0 Å². The minimum absolute atomic E-state index is 0.677. The number of nitrogens with one attached hydrogen (secondary N) is 2. The van der Waals surface area contributed by atoms with Gasteiger partial charge in [-0.15, -0.1) is 0 Å². The Balaban J connectivity index is 2.11. The van der Waals surface area contributed by atoms with Gasteiger partial charge in [0.2, 0.25) is 0 Å². The molecule has 0 bridgehead atoms. The van der Waals surface area contributed by atoms with E-state index in [4.69, 9.17) is 12.2 Å². The zero-order valence-corrected chi connectivity index (χ0v) is 11.4. The standard InChI is InChI=1S/C12H25N3S/c1-3-5-8-13-12(16)14-10-11-7-6-9-15(11)4-2/h11H,3-10H2,1-2H3,(H2,13,14,16). The molecule has 1 fully saturated rings. The molecule has 1 aliphatic heterocycles. The quantitative estimate of drug-likeness (QED) is 0.549. The summed E-state index contributed by atoms with van der Waals surface area (Å²) in [5.74, 6) is 0. The molecule has 1 atom stereocenters. The highest BCUT2D eigenvalue weighted by atomic mass is 32.1. The van der Waals surface area contributed by atoms with Crippen LogP contribution in [-0.4, -0.2) is 42.2 Å². The van der Waals surface area contributed by atoms with Crippen molar-refractivity contribution in [2.45, 2.75) is 45.6 Å². The van der Waals surface area contributed by atoms with E-state index in [1.807, 2.05) is 0 Å². The Hall–Kier alpha value is -0.350. The van der Waals surface area contributed by atoms with Crippen molar-refractivity contribution < 1.29 is 0 Å². The molecule has 1 heterocycles. The van der Waals surface area contributed by atoms with E-state index < -0.39 is 0 Å². The van der Waals surface area contributed by atoms with Gasteiger partial charge in [0.05, 0.1) is 0 Å². The third-order valence-corrected chi connectivity index (χ3v) is 3.51. The van der Waals surface area contributed by atoms with Crippen molar-refractivity contribution in [3.8, 4) is 0 Å². The molecular weight excluding hydrogens is 218 g/mol. The second kappa shape index (κ2) is 7.85. The summed E-state index contributed by atoms with van der Waals surface area (Å²) in [4.78, 5) is 2.53. The van der Waals surface area contributed by atoms with Crippen molar-refractivity contribution in [3.05, 3.63) is 0 Å². The fourth-order valence-electron chi connectivity index (χ4n) is 2.19. The molecule has 3 nitrogen and oxygen atoms in total. The lowest BCUT2D eigenvalue weighted by Gasteiger charge is -2.23. The van der Waals surface area contributed by atoms with E-state index in [2.05, 4.69) is 29.4 Å². The first-order chi connectivity index (χ1) is 7.77. The Morgan fingerprint density at radius 2 is 2.19 bits per heavy atom. The van der Waals surface area contributed by atoms with Gasteiger partial charge in [0, 0.05) is 19.1 Å². The normalized spacial score (nSPS) is 21.0. The molecule has 94 valence electrons. The van der Waals surface area contributed by atoms with Gasteiger partial charge < -0.3 is 10.6 Å². The zero-order chi connectivity index (χ0) is 11.8. The first kappa shape index (κ1) is 13.7. The van der Waals surface area contributed by atoms with Crippen LogP contribution in [0.25, 0.3) is 0 Å². The Morgan fingerprint density at radius 1 is 1.38 bits per heavy atom. The number of nitrogens with zero attached hydrogens (tertiary/aromatic N) is 1. The molecule has 1 aliphatic rings. The van der Waals surface area contributed by atoms with Crippen LogP contribution in [0.1, 0.15) is 39.5 Å². The molecule has 0 aromatic carbocycles. The Bertz CT molecular complexity index is 208. The molecule has 4 heteroatoms. The summed E-state index contributed by atoms with van der Waals surface area (Å²) in [6.45, 7) is 8.81. The number of hydrogen-bond donors (Lipinski definition) is 2. The van der Waals surface area contributed by atoms with Crippen molar-refractivity contribution in [1.82, 2.24) is 15.5 Å². The molecule has 0 radical (unpaired) electrons. The van der Waals surface area contributed by atoms with Gasteiger partial charge in [0.15, 0.2) is 5.11 Å². The van der Waals surface area contributed by atoms with Crippen LogP contribution in [0.15, 0.2) is 0 Å². The van der Waals surface area contributed by atoms with Crippen LogP contribution >= 0.6 is 12.2 Å². The molecular formula is C12H25N3S. The molecule has 2 N–H and O–H groups in total. The van der Waals surface area contributed by atoms with E-state index in [9.17, 15) is 0 Å². The summed E-state index contributed by atoms with van der Waals surface area (Å²) in [5.41, 5.74) is 0. The van der Waals surface area contributed by atoms with Gasteiger partial charge in [-0.05, 0) is 44.6 Å². The predicted octanol–water partition coefficient (Wildman–Crippen LogP) is 1.73. The maximum absolute atomic E-state index is 5.24. The average molecular weight is 243 g/mol. The van der Waals surface area contributed by atoms with E-state index in [-0.39, 0.29) is 0 Å². The lowest BCUT2D eigenvalue weighted by Crippen LogP contribution is -2.43. The Morgan fingerprint density at radius 3 is 2.88 bits per heavy atom. The lowest BCUT2D eigenvalue weighted by atomic mass is 10.2. The molecule has 1 unspecified atom stereocenters. The number of rotatable bonds is 6. The number of likely N-dealkylation sites (tertiary alicyclic amines) is 1. The first-order valence-corrected chi connectivity index (χ1v) is 6.94. The summed E-state index contributed by atoms with van der Waals surface area (Å²) in [6, 6.07) is 0.677. The zero-order valence-electron chi connectivity index (χ0n) is 10.6. The monoisotopic (exact) mass is 243 g/mol. The van der Waals surface area contributed by atoms with E-state index in [1.54, 1.807) is 0 Å². The van der Waals surface area contributed by atoms with Gasteiger partial charge in [0.1, 0.15) is 0 Å². The van der Waals surface area contributed by atoms with E-state index >= 15 is 0 Å². The molecule has 0 saturated carbocycles. The number of unbranched alkanes of at least 4 members (excludes halogenated alkanes) is 1. The molecule has 0 aliphatic carbocycles. The van der Waals surface area contributed by atoms with Gasteiger partial charge in [-0.25, -0.2) is 0 Å². The maximum atomic E-state index is 5.24. The van der Waals surface area contributed by atoms with Crippen molar-refractivity contribution in [2.24, 2.45) is 0 Å². The smallest absolute Gasteiger partial charge is 0.166 e. The van der Waals surface area contributed by atoms with Crippen molar-refractivity contribution in [3.63, 3.8) is 0 Å². The fourth-order valence-corrected chi connectivity index (χ4v) is 2.38. The van der Waals surface area contributed by atoms with Crippen molar-refractivity contribution in [2.75, 3.05) is 26.2 Å². The summed E-state index contributed by atoms with van der Waals surface area (Å²) >= 11 is 5.24. The minimum atomic E-state index is 0.677. The van der Waals surface area contributed by atoms with E-state index in [0.717, 1.165) is 24.7 Å². The third-order valence-electron chi connectivity index (χ3n) is 3.22. The van der Waals surface area contributed by atoms with Crippen LogP contribution < -0.4 is 10.6 Å². The summed E-state index contributed by atoms with van der Waals surface area (Å²) < 4.78 is 0. The molecule has 0 spiro atoms.